The quantitative estimate of drug-likeness (QED) is 0.747. The second-order valence-corrected chi connectivity index (χ2v) is 7.87. The molecule has 2 aliphatic rings. The van der Waals surface area contributed by atoms with E-state index in [0.29, 0.717) is 13.0 Å². The smallest absolute Gasteiger partial charge is 0.225 e. The van der Waals surface area contributed by atoms with Gasteiger partial charge >= 0.3 is 0 Å². The maximum Gasteiger partial charge on any atom is 0.225 e. The van der Waals surface area contributed by atoms with Gasteiger partial charge in [-0.25, -0.2) is 0 Å². The maximum atomic E-state index is 13.1. The molecule has 5 rings (SSSR count). The third-order valence-corrected chi connectivity index (χ3v) is 6.17. The minimum Gasteiger partial charge on any atom is -0.330 e. The lowest BCUT2D eigenvalue weighted by Crippen LogP contribution is -2.49. The average molecular weight is 383 g/mol. The highest BCUT2D eigenvalue weighted by molar-refractivity contribution is 5.79. The van der Waals surface area contributed by atoms with Gasteiger partial charge in [-0.2, -0.15) is 0 Å². The molecule has 0 saturated carbocycles. The normalized spacial score (nSPS) is 19.9. The summed E-state index contributed by atoms with van der Waals surface area (Å²) in [5.74, 6) is 0.115. The molecule has 2 atom stereocenters. The Bertz CT molecular complexity index is 1030. The van der Waals surface area contributed by atoms with Gasteiger partial charge in [0.25, 0.3) is 0 Å². The van der Waals surface area contributed by atoms with Gasteiger partial charge in [-0.05, 0) is 41.2 Å². The molecule has 0 bridgehead atoms. The van der Waals surface area contributed by atoms with Crippen LogP contribution in [-0.2, 0) is 17.6 Å². The first kappa shape index (κ1) is 18.0. The van der Waals surface area contributed by atoms with Crippen molar-refractivity contribution in [2.45, 2.75) is 31.6 Å². The fourth-order valence-electron chi connectivity index (χ4n) is 4.70. The van der Waals surface area contributed by atoms with Gasteiger partial charge in [0.1, 0.15) is 0 Å². The monoisotopic (exact) mass is 383 g/mol. The van der Waals surface area contributed by atoms with Crippen LogP contribution in [0.1, 0.15) is 34.7 Å². The second-order valence-electron chi connectivity index (χ2n) is 7.87. The van der Waals surface area contributed by atoms with E-state index in [2.05, 4.69) is 65.6 Å². The number of hydrogen-bond acceptors (Lipinski definition) is 3. The Morgan fingerprint density at radius 3 is 2.41 bits per heavy atom. The Kier molecular flexibility index (Phi) is 4.57. The fraction of sp³-hybridized carbons (Fsp3) is 0.240. The number of carbonyl (C=O) groups is 1. The van der Waals surface area contributed by atoms with Crippen molar-refractivity contribution in [3.63, 3.8) is 0 Å². The summed E-state index contributed by atoms with van der Waals surface area (Å²) < 4.78 is 0. The molecular formula is C25H25N3O. The number of para-hydroxylation sites is 1. The summed E-state index contributed by atoms with van der Waals surface area (Å²) >= 11 is 0. The van der Waals surface area contributed by atoms with Crippen molar-refractivity contribution >= 4 is 11.6 Å². The molecule has 0 aromatic heterocycles. The summed E-state index contributed by atoms with van der Waals surface area (Å²) in [5.41, 5.74) is 12.8. The topological polar surface area (TPSA) is 49.6 Å². The molecule has 4 nitrogen and oxygen atoms in total. The van der Waals surface area contributed by atoms with Gasteiger partial charge in [0.15, 0.2) is 6.29 Å². The van der Waals surface area contributed by atoms with Crippen LogP contribution in [0.2, 0.25) is 0 Å². The molecule has 1 amide bonds. The minimum atomic E-state index is -0.449. The van der Waals surface area contributed by atoms with Gasteiger partial charge in [-0.1, -0.05) is 72.8 Å². The number of nitrogens with zero attached hydrogens (tertiary/aromatic N) is 2. The van der Waals surface area contributed by atoms with Gasteiger partial charge in [-0.3, -0.25) is 10.5 Å². The van der Waals surface area contributed by atoms with Crippen LogP contribution in [-0.4, -0.2) is 23.6 Å². The van der Waals surface area contributed by atoms with Crippen molar-refractivity contribution in [2.75, 3.05) is 11.4 Å². The number of anilines is 1. The Hall–Kier alpha value is -3.11. The lowest BCUT2D eigenvalue weighted by Gasteiger charge is -2.31. The average Bonchev–Trinajstić information content (AvgIpc) is 3.03. The number of amides is 1. The van der Waals surface area contributed by atoms with Gasteiger partial charge in [0.05, 0.1) is 6.04 Å². The molecule has 2 aliphatic heterocycles. The molecule has 0 spiro atoms. The third kappa shape index (κ3) is 3.19. The molecule has 2 unspecified atom stereocenters. The van der Waals surface area contributed by atoms with E-state index in [1.54, 1.807) is 0 Å². The standard InChI is InChI=1S/C25H25N3O/c26-25-27(24(29)15-14-18-8-2-1-3-9-18)17-23-21-12-6-4-10-19(21)16-20-11-5-7-13-22(20)28(23)25/h1-13,23,25H,14-17,26H2. The largest absolute Gasteiger partial charge is 0.330 e. The second kappa shape index (κ2) is 7.37. The van der Waals surface area contributed by atoms with Gasteiger partial charge in [0, 0.05) is 18.7 Å². The van der Waals surface area contributed by atoms with Crippen molar-refractivity contribution in [3.05, 3.63) is 101 Å². The van der Waals surface area contributed by atoms with E-state index in [1.807, 2.05) is 23.1 Å². The zero-order chi connectivity index (χ0) is 19.8. The summed E-state index contributed by atoms with van der Waals surface area (Å²) in [6, 6.07) is 27.2. The minimum absolute atomic E-state index is 0.0884. The van der Waals surface area contributed by atoms with E-state index in [4.69, 9.17) is 5.73 Å². The molecule has 2 N–H and O–H groups in total. The molecule has 1 saturated heterocycles. The van der Waals surface area contributed by atoms with E-state index in [-0.39, 0.29) is 11.9 Å². The first-order chi connectivity index (χ1) is 14.2. The lowest BCUT2D eigenvalue weighted by atomic mass is 9.97. The number of fused-ring (bicyclic) bond motifs is 5. The molecule has 1 fully saturated rings. The highest BCUT2D eigenvalue weighted by atomic mass is 16.2. The number of hydrogen-bond donors (Lipinski definition) is 1. The van der Waals surface area contributed by atoms with E-state index < -0.39 is 6.29 Å². The van der Waals surface area contributed by atoms with Crippen LogP contribution in [0.5, 0.6) is 0 Å². The number of nitrogens with two attached hydrogens (primary N) is 1. The first-order valence-corrected chi connectivity index (χ1v) is 10.3. The molecule has 3 aromatic rings. The van der Waals surface area contributed by atoms with Crippen LogP contribution in [0.25, 0.3) is 0 Å². The number of benzene rings is 3. The fourth-order valence-corrected chi connectivity index (χ4v) is 4.70. The first-order valence-electron chi connectivity index (χ1n) is 10.3. The zero-order valence-corrected chi connectivity index (χ0v) is 16.4. The predicted molar refractivity (Wildman–Crippen MR) is 115 cm³/mol. The van der Waals surface area contributed by atoms with Crippen molar-refractivity contribution < 1.29 is 4.79 Å². The van der Waals surface area contributed by atoms with Crippen molar-refractivity contribution in [1.29, 1.82) is 0 Å². The Balaban J connectivity index is 1.45. The van der Waals surface area contributed by atoms with Crippen LogP contribution in [0, 0.1) is 0 Å². The Labute approximate surface area is 171 Å². The summed E-state index contributed by atoms with van der Waals surface area (Å²) in [7, 11) is 0. The molecule has 3 aromatic carbocycles. The summed E-state index contributed by atoms with van der Waals surface area (Å²) in [4.78, 5) is 17.2. The van der Waals surface area contributed by atoms with Crippen molar-refractivity contribution in [3.8, 4) is 0 Å². The number of carbonyl (C=O) groups excluding carboxylic acids is 1. The summed E-state index contributed by atoms with van der Waals surface area (Å²) in [5, 5.41) is 0. The molecule has 4 heteroatoms. The molecule has 2 heterocycles. The number of rotatable bonds is 3. The SMILES string of the molecule is NC1N(C(=O)CCc2ccccc2)CC2c3ccccc3Cc3ccccc3N21. The van der Waals surface area contributed by atoms with E-state index in [0.717, 1.165) is 18.5 Å². The third-order valence-electron chi connectivity index (χ3n) is 6.17. The van der Waals surface area contributed by atoms with E-state index >= 15 is 0 Å². The zero-order valence-electron chi connectivity index (χ0n) is 16.4. The van der Waals surface area contributed by atoms with E-state index in [9.17, 15) is 4.79 Å². The lowest BCUT2D eigenvalue weighted by molar-refractivity contribution is -0.131. The summed E-state index contributed by atoms with van der Waals surface area (Å²) in [6.45, 7) is 0.625. The highest BCUT2D eigenvalue weighted by Gasteiger charge is 2.43. The Morgan fingerprint density at radius 2 is 1.59 bits per heavy atom. The van der Waals surface area contributed by atoms with Crippen LogP contribution in [0.15, 0.2) is 78.9 Å². The van der Waals surface area contributed by atoms with Crippen LogP contribution >= 0.6 is 0 Å². The highest BCUT2D eigenvalue weighted by Crippen LogP contribution is 2.42. The number of aryl methyl sites for hydroxylation is 1. The summed E-state index contributed by atoms with van der Waals surface area (Å²) in [6.07, 6.45) is 1.66. The van der Waals surface area contributed by atoms with Crippen LogP contribution in [0.3, 0.4) is 0 Å². The Morgan fingerprint density at radius 1 is 0.897 bits per heavy atom. The molecule has 0 aliphatic carbocycles. The maximum absolute atomic E-state index is 13.1. The van der Waals surface area contributed by atoms with Gasteiger partial charge < -0.3 is 9.80 Å². The van der Waals surface area contributed by atoms with E-state index in [1.165, 1.54) is 22.3 Å². The molecule has 29 heavy (non-hydrogen) atoms. The molecule has 0 radical (unpaired) electrons. The van der Waals surface area contributed by atoms with Crippen molar-refractivity contribution in [2.24, 2.45) is 5.73 Å². The molecular weight excluding hydrogens is 358 g/mol. The van der Waals surface area contributed by atoms with Crippen LogP contribution < -0.4 is 10.6 Å². The predicted octanol–water partition coefficient (Wildman–Crippen LogP) is 3.86. The van der Waals surface area contributed by atoms with Crippen LogP contribution in [0.4, 0.5) is 5.69 Å². The van der Waals surface area contributed by atoms with Gasteiger partial charge in [0.2, 0.25) is 5.91 Å². The van der Waals surface area contributed by atoms with Gasteiger partial charge in [-0.15, -0.1) is 0 Å². The molecule has 146 valence electrons. The van der Waals surface area contributed by atoms with Crippen molar-refractivity contribution in [1.82, 2.24) is 4.90 Å².